The van der Waals surface area contributed by atoms with Gasteiger partial charge >= 0.3 is 6.18 Å². The molecule has 2 heterocycles. The number of sulfone groups is 1. The summed E-state index contributed by atoms with van der Waals surface area (Å²) in [4.78, 5) is 8.49. The molecule has 6 nitrogen and oxygen atoms in total. The molecule has 3 aromatic carbocycles. The number of aliphatic imine (C=N–C) groups is 1. The van der Waals surface area contributed by atoms with Gasteiger partial charge in [-0.1, -0.05) is 30.3 Å². The quantitative estimate of drug-likeness (QED) is 0.258. The van der Waals surface area contributed by atoms with Crippen molar-refractivity contribution in [2.45, 2.75) is 37.1 Å². The SMILES string of the molecule is CC1=NC(c2cc(-c3cccc(S(C)(=O)=O)c3)ccc2-n2cc(C(F)(F)F)nc2C)C(c2ccc(F)cc2)O1. The molecule has 2 unspecified atom stereocenters. The fourth-order valence-corrected chi connectivity index (χ4v) is 5.29. The average Bonchev–Trinajstić information content (AvgIpc) is 3.46. The third kappa shape index (κ3) is 5.31. The van der Waals surface area contributed by atoms with Crippen molar-refractivity contribution in [1.82, 2.24) is 9.55 Å². The smallest absolute Gasteiger partial charge is 0.434 e. The molecule has 202 valence electrons. The molecule has 4 aromatic rings. The molecule has 0 amide bonds. The summed E-state index contributed by atoms with van der Waals surface area (Å²) in [6, 6.07) is 16.6. The van der Waals surface area contributed by atoms with Crippen LogP contribution in [0.4, 0.5) is 17.6 Å². The van der Waals surface area contributed by atoms with E-state index in [0.717, 1.165) is 12.5 Å². The summed E-state index contributed by atoms with van der Waals surface area (Å²) in [5.41, 5.74) is 1.76. The number of imidazole rings is 1. The highest BCUT2D eigenvalue weighted by Gasteiger charge is 2.37. The summed E-state index contributed by atoms with van der Waals surface area (Å²) < 4.78 is 85.7. The summed E-state index contributed by atoms with van der Waals surface area (Å²) in [6.07, 6.45) is -3.27. The number of ether oxygens (including phenoxy) is 1. The van der Waals surface area contributed by atoms with Gasteiger partial charge in [0.25, 0.3) is 0 Å². The lowest BCUT2D eigenvalue weighted by Crippen LogP contribution is -2.11. The van der Waals surface area contributed by atoms with Gasteiger partial charge in [0, 0.05) is 24.9 Å². The first kappa shape index (κ1) is 26.6. The predicted molar refractivity (Wildman–Crippen MR) is 138 cm³/mol. The van der Waals surface area contributed by atoms with Crippen LogP contribution >= 0.6 is 0 Å². The van der Waals surface area contributed by atoms with Gasteiger partial charge in [-0.3, -0.25) is 0 Å². The van der Waals surface area contributed by atoms with Crippen LogP contribution in [0.2, 0.25) is 0 Å². The number of nitrogens with zero attached hydrogens (tertiary/aromatic N) is 3. The first-order valence-corrected chi connectivity index (χ1v) is 13.7. The molecular weight excluding hydrogens is 534 g/mol. The summed E-state index contributed by atoms with van der Waals surface area (Å²) in [6.45, 7) is 3.14. The van der Waals surface area contributed by atoms with E-state index in [2.05, 4.69) is 9.98 Å². The van der Waals surface area contributed by atoms with Crippen LogP contribution in [-0.2, 0) is 20.8 Å². The van der Waals surface area contributed by atoms with E-state index >= 15 is 0 Å². The number of hydrogen-bond donors (Lipinski definition) is 0. The first-order chi connectivity index (χ1) is 18.3. The zero-order valence-electron chi connectivity index (χ0n) is 21.1. The van der Waals surface area contributed by atoms with Crippen molar-refractivity contribution in [3.8, 4) is 16.8 Å². The maximum atomic E-state index is 13.6. The molecule has 11 heteroatoms. The highest BCUT2D eigenvalue weighted by molar-refractivity contribution is 7.90. The van der Waals surface area contributed by atoms with Gasteiger partial charge in [0.15, 0.2) is 27.5 Å². The van der Waals surface area contributed by atoms with Crippen molar-refractivity contribution in [3.63, 3.8) is 0 Å². The molecule has 0 fully saturated rings. The minimum atomic E-state index is -4.63. The Kier molecular flexibility index (Phi) is 6.58. The minimum Gasteiger partial charge on any atom is -0.471 e. The monoisotopic (exact) mass is 557 g/mol. The molecule has 0 saturated heterocycles. The standard InChI is InChI=1S/C28H23F4N3O3S/c1-16-33-25(28(30,31)32)15-35(16)24-12-9-20(19-5-4-6-22(13-19)39(3,36)37)14-23(24)26-27(38-17(2)34-26)18-7-10-21(29)11-8-18/h4-15,26-27H,1-3H3. The maximum Gasteiger partial charge on any atom is 0.434 e. The Morgan fingerprint density at radius 1 is 0.949 bits per heavy atom. The van der Waals surface area contributed by atoms with Gasteiger partial charge in [0.2, 0.25) is 0 Å². The molecule has 0 aliphatic carbocycles. The van der Waals surface area contributed by atoms with Gasteiger partial charge in [-0.05, 0) is 60.0 Å². The molecule has 0 radical (unpaired) electrons. The van der Waals surface area contributed by atoms with Gasteiger partial charge in [0.05, 0.1) is 10.6 Å². The number of alkyl halides is 3. The topological polar surface area (TPSA) is 73.5 Å². The third-order valence-electron chi connectivity index (χ3n) is 6.48. The largest absolute Gasteiger partial charge is 0.471 e. The van der Waals surface area contributed by atoms with E-state index in [-0.39, 0.29) is 10.7 Å². The predicted octanol–water partition coefficient (Wildman–Crippen LogP) is 6.64. The van der Waals surface area contributed by atoms with Gasteiger partial charge in [-0.2, -0.15) is 13.2 Å². The van der Waals surface area contributed by atoms with Crippen LogP contribution in [0.3, 0.4) is 0 Å². The summed E-state index contributed by atoms with van der Waals surface area (Å²) in [5.74, 6) is 0.0598. The summed E-state index contributed by atoms with van der Waals surface area (Å²) in [5, 5.41) is 0. The van der Waals surface area contributed by atoms with E-state index < -0.39 is 39.7 Å². The maximum absolute atomic E-state index is 13.6. The van der Waals surface area contributed by atoms with E-state index in [0.29, 0.717) is 33.8 Å². The lowest BCUT2D eigenvalue weighted by Gasteiger charge is -2.22. The van der Waals surface area contributed by atoms with E-state index in [1.807, 2.05) is 0 Å². The Hall–Kier alpha value is -3.99. The molecule has 1 aliphatic heterocycles. The number of benzene rings is 3. The average molecular weight is 558 g/mol. The van der Waals surface area contributed by atoms with Crippen molar-refractivity contribution in [2.75, 3.05) is 6.26 Å². The van der Waals surface area contributed by atoms with Crippen LogP contribution in [0.1, 0.15) is 41.7 Å². The van der Waals surface area contributed by atoms with Crippen molar-refractivity contribution in [1.29, 1.82) is 0 Å². The molecular formula is C28H23F4N3O3S. The van der Waals surface area contributed by atoms with E-state index in [4.69, 9.17) is 4.74 Å². The van der Waals surface area contributed by atoms with Crippen LogP contribution in [-0.4, -0.2) is 30.1 Å². The second-order valence-corrected chi connectivity index (χ2v) is 11.3. The summed E-state index contributed by atoms with van der Waals surface area (Å²) in [7, 11) is -3.47. The first-order valence-electron chi connectivity index (χ1n) is 11.9. The van der Waals surface area contributed by atoms with Crippen LogP contribution < -0.4 is 0 Å². The molecule has 0 N–H and O–H groups in total. The number of aryl methyl sites for hydroxylation is 1. The van der Waals surface area contributed by atoms with Crippen molar-refractivity contribution in [3.05, 3.63) is 101 Å². The highest BCUT2D eigenvalue weighted by atomic mass is 32.2. The van der Waals surface area contributed by atoms with Crippen molar-refractivity contribution >= 4 is 15.7 Å². The molecule has 0 spiro atoms. The fraction of sp³-hybridized carbons (Fsp3) is 0.214. The second-order valence-electron chi connectivity index (χ2n) is 9.30. The summed E-state index contributed by atoms with van der Waals surface area (Å²) >= 11 is 0. The van der Waals surface area contributed by atoms with Gasteiger partial charge in [-0.25, -0.2) is 22.8 Å². The zero-order valence-corrected chi connectivity index (χ0v) is 21.9. The molecule has 2 atom stereocenters. The third-order valence-corrected chi connectivity index (χ3v) is 7.59. The minimum absolute atomic E-state index is 0.119. The normalized spacial score (nSPS) is 17.7. The van der Waals surface area contributed by atoms with Gasteiger partial charge in [-0.15, -0.1) is 0 Å². The van der Waals surface area contributed by atoms with E-state index in [1.165, 1.54) is 35.8 Å². The number of halogens is 4. The van der Waals surface area contributed by atoms with Crippen molar-refractivity contribution in [2.24, 2.45) is 4.99 Å². The van der Waals surface area contributed by atoms with Gasteiger partial charge < -0.3 is 9.30 Å². The van der Waals surface area contributed by atoms with Crippen LogP contribution in [0.5, 0.6) is 0 Å². The van der Waals surface area contributed by atoms with Crippen LogP contribution in [0, 0.1) is 12.7 Å². The number of rotatable bonds is 5. The second kappa shape index (κ2) is 9.64. The Bertz CT molecular complexity index is 1690. The molecule has 5 rings (SSSR count). The molecule has 1 aliphatic rings. The molecule has 39 heavy (non-hydrogen) atoms. The Balaban J connectivity index is 1.71. The lowest BCUT2D eigenvalue weighted by atomic mass is 9.92. The lowest BCUT2D eigenvalue weighted by molar-refractivity contribution is -0.141. The highest BCUT2D eigenvalue weighted by Crippen LogP contribution is 2.44. The van der Waals surface area contributed by atoms with E-state index in [1.54, 1.807) is 49.4 Å². The zero-order chi connectivity index (χ0) is 28.1. The number of hydrogen-bond acceptors (Lipinski definition) is 5. The van der Waals surface area contributed by atoms with Crippen LogP contribution in [0.25, 0.3) is 16.8 Å². The Morgan fingerprint density at radius 2 is 1.64 bits per heavy atom. The molecule has 0 bridgehead atoms. The number of aromatic nitrogens is 2. The fourth-order valence-electron chi connectivity index (χ4n) is 4.63. The molecule has 0 saturated carbocycles. The molecule has 1 aromatic heterocycles. The van der Waals surface area contributed by atoms with E-state index in [9.17, 15) is 26.0 Å². The van der Waals surface area contributed by atoms with Crippen LogP contribution in [0.15, 0.2) is 82.8 Å². The Morgan fingerprint density at radius 3 is 2.28 bits per heavy atom. The Labute approximate surface area is 222 Å². The van der Waals surface area contributed by atoms with Crippen molar-refractivity contribution < 1.29 is 30.7 Å². The van der Waals surface area contributed by atoms with Gasteiger partial charge in [0.1, 0.15) is 17.7 Å².